The lowest BCUT2D eigenvalue weighted by Crippen LogP contribution is -2.50. The van der Waals surface area contributed by atoms with E-state index in [2.05, 4.69) is 42.3 Å². The van der Waals surface area contributed by atoms with Crippen molar-refractivity contribution in [1.82, 2.24) is 19.8 Å². The fourth-order valence-electron chi connectivity index (χ4n) is 6.44. The van der Waals surface area contributed by atoms with Crippen LogP contribution >= 0.6 is 11.6 Å². The van der Waals surface area contributed by atoms with Crippen molar-refractivity contribution in [3.63, 3.8) is 0 Å². The third-order valence-corrected chi connectivity index (χ3v) is 9.21. The fourth-order valence-corrected chi connectivity index (χ4v) is 6.71. The first-order valence-corrected chi connectivity index (χ1v) is 15.1. The molecule has 8 nitrogen and oxygen atoms in total. The summed E-state index contributed by atoms with van der Waals surface area (Å²) in [4.78, 5) is 30.1. The lowest BCUT2D eigenvalue weighted by atomic mass is 9.96. The second-order valence-electron chi connectivity index (χ2n) is 12.4. The average Bonchev–Trinajstić information content (AvgIpc) is 3.75. The van der Waals surface area contributed by atoms with Gasteiger partial charge in [-0.05, 0) is 57.8 Å². The number of fused-ring (bicyclic) bond motifs is 2. The molecule has 0 N–H and O–H groups in total. The molecule has 1 atom stereocenters. The second-order valence-corrected chi connectivity index (χ2v) is 12.8. The normalized spacial score (nSPS) is 19.5. The minimum absolute atomic E-state index is 0.0408. The second kappa shape index (κ2) is 11.5. The summed E-state index contributed by atoms with van der Waals surface area (Å²) in [6.07, 6.45) is 2.85. The smallest absolute Gasteiger partial charge is 0.318 e. The third kappa shape index (κ3) is 5.87. The molecule has 2 aromatic carbocycles. The fraction of sp³-hybridized carbons (Fsp3) is 0.469. The summed E-state index contributed by atoms with van der Waals surface area (Å²) in [5.41, 5.74) is 2.83. The topological polar surface area (TPSA) is 65.0 Å². The SMILES string of the molecule is C=C(F)C(=O)N1CCN(c2nc(OCC3(CN(C)C)CC3)nc3c2CC(C)N(c2cccc4ccc(F)c(Cl)c24)C3)CC1. The Morgan fingerprint density at radius 1 is 1.16 bits per heavy atom. The molecule has 1 amide bonds. The maximum absolute atomic E-state index is 14.6. The van der Waals surface area contributed by atoms with Crippen LogP contribution in [0.1, 0.15) is 31.0 Å². The van der Waals surface area contributed by atoms with Crippen LogP contribution in [0.5, 0.6) is 6.01 Å². The van der Waals surface area contributed by atoms with Gasteiger partial charge in [-0.3, -0.25) is 4.79 Å². The van der Waals surface area contributed by atoms with E-state index < -0.39 is 17.6 Å². The van der Waals surface area contributed by atoms with Crippen molar-refractivity contribution in [3.05, 3.63) is 64.8 Å². The number of halogens is 3. The van der Waals surface area contributed by atoms with E-state index >= 15 is 0 Å². The monoisotopic (exact) mass is 610 g/mol. The number of ether oxygens (including phenoxy) is 1. The van der Waals surface area contributed by atoms with Gasteiger partial charge in [0.1, 0.15) is 11.6 Å². The number of amides is 1. The van der Waals surface area contributed by atoms with Crippen LogP contribution in [0.3, 0.4) is 0 Å². The van der Waals surface area contributed by atoms with E-state index in [-0.39, 0.29) is 16.5 Å². The van der Waals surface area contributed by atoms with Gasteiger partial charge < -0.3 is 24.3 Å². The van der Waals surface area contributed by atoms with E-state index in [0.29, 0.717) is 57.1 Å². The van der Waals surface area contributed by atoms with Crippen LogP contribution in [-0.4, -0.2) is 85.1 Å². The minimum Gasteiger partial charge on any atom is -0.463 e. The van der Waals surface area contributed by atoms with Crippen molar-refractivity contribution in [2.24, 2.45) is 5.41 Å². The van der Waals surface area contributed by atoms with Gasteiger partial charge in [0, 0.05) is 60.8 Å². The predicted molar refractivity (Wildman–Crippen MR) is 165 cm³/mol. The maximum atomic E-state index is 14.6. The molecule has 1 saturated heterocycles. The quantitative estimate of drug-likeness (QED) is 0.324. The van der Waals surface area contributed by atoms with Crippen molar-refractivity contribution >= 4 is 39.8 Å². The van der Waals surface area contributed by atoms with E-state index in [1.165, 1.54) is 11.0 Å². The maximum Gasteiger partial charge on any atom is 0.318 e. The third-order valence-electron chi connectivity index (χ3n) is 8.84. The Balaban J connectivity index is 1.34. The zero-order chi connectivity index (χ0) is 30.5. The number of piperazine rings is 1. The van der Waals surface area contributed by atoms with Crippen molar-refractivity contribution < 1.29 is 18.3 Å². The molecule has 6 rings (SSSR count). The summed E-state index contributed by atoms with van der Waals surface area (Å²) in [6, 6.07) is 9.38. The Kier molecular flexibility index (Phi) is 7.93. The van der Waals surface area contributed by atoms with Crippen molar-refractivity contribution in [1.29, 1.82) is 0 Å². The molecule has 1 unspecified atom stereocenters. The van der Waals surface area contributed by atoms with Gasteiger partial charge in [0.2, 0.25) is 0 Å². The molecule has 0 radical (unpaired) electrons. The van der Waals surface area contributed by atoms with E-state index in [4.69, 9.17) is 26.3 Å². The largest absolute Gasteiger partial charge is 0.463 e. The van der Waals surface area contributed by atoms with E-state index in [9.17, 15) is 13.6 Å². The first-order valence-electron chi connectivity index (χ1n) is 14.7. The van der Waals surface area contributed by atoms with Crippen LogP contribution in [0.25, 0.3) is 10.8 Å². The van der Waals surface area contributed by atoms with Crippen LogP contribution in [0.4, 0.5) is 20.3 Å². The number of rotatable bonds is 8. The zero-order valence-electron chi connectivity index (χ0n) is 24.9. The molecule has 1 saturated carbocycles. The van der Waals surface area contributed by atoms with Crippen molar-refractivity contribution in [2.45, 2.75) is 38.8 Å². The van der Waals surface area contributed by atoms with Crippen LogP contribution in [-0.2, 0) is 17.8 Å². The van der Waals surface area contributed by atoms with Gasteiger partial charge >= 0.3 is 6.01 Å². The van der Waals surface area contributed by atoms with E-state index in [0.717, 1.165) is 47.5 Å². The molecular weight excluding hydrogens is 574 g/mol. The predicted octanol–water partition coefficient (Wildman–Crippen LogP) is 5.23. The van der Waals surface area contributed by atoms with Gasteiger partial charge in [-0.2, -0.15) is 9.97 Å². The number of aromatic nitrogens is 2. The average molecular weight is 611 g/mol. The molecule has 11 heteroatoms. The summed E-state index contributed by atoms with van der Waals surface area (Å²) in [6.45, 7) is 8.96. The molecule has 0 spiro atoms. The standard InChI is InChI=1S/C32H37ClF2N6O2/c1-20-16-23-25(17-41(20)26-7-5-6-22-8-9-24(35)28(33)27(22)26)36-31(43-19-32(10-11-32)18-38(3)4)37-29(23)39-12-14-40(15-13-39)30(42)21(2)34/h5-9,20H,2,10-19H2,1,3-4H3. The number of benzene rings is 2. The Morgan fingerprint density at radius 3 is 2.58 bits per heavy atom. The molecule has 2 aliphatic heterocycles. The van der Waals surface area contributed by atoms with Crippen LogP contribution in [0.15, 0.2) is 42.7 Å². The van der Waals surface area contributed by atoms with Crippen molar-refractivity contribution in [2.75, 3.05) is 63.2 Å². The highest BCUT2D eigenvalue weighted by Crippen LogP contribution is 2.46. The highest BCUT2D eigenvalue weighted by atomic mass is 35.5. The Morgan fingerprint density at radius 2 is 1.91 bits per heavy atom. The number of nitrogens with zero attached hydrogens (tertiary/aromatic N) is 6. The first-order chi connectivity index (χ1) is 20.5. The summed E-state index contributed by atoms with van der Waals surface area (Å²) in [5.74, 6) is -1.28. The number of anilines is 2. The molecule has 1 aliphatic carbocycles. The van der Waals surface area contributed by atoms with Crippen LogP contribution in [0.2, 0.25) is 5.02 Å². The van der Waals surface area contributed by atoms with Gasteiger partial charge in [-0.1, -0.05) is 36.4 Å². The van der Waals surface area contributed by atoms with Crippen LogP contribution in [0, 0.1) is 11.2 Å². The molecule has 3 aromatic rings. The molecule has 2 fully saturated rings. The summed E-state index contributed by atoms with van der Waals surface area (Å²) in [7, 11) is 4.13. The summed E-state index contributed by atoms with van der Waals surface area (Å²) >= 11 is 6.52. The number of hydrogen-bond donors (Lipinski definition) is 0. The lowest BCUT2D eigenvalue weighted by Gasteiger charge is -2.40. The number of carbonyl (C=O) groups excluding carboxylic acids is 1. The molecule has 3 heterocycles. The molecule has 43 heavy (non-hydrogen) atoms. The molecule has 3 aliphatic rings. The van der Waals surface area contributed by atoms with Gasteiger partial charge in [0.15, 0.2) is 5.83 Å². The van der Waals surface area contributed by atoms with Gasteiger partial charge in [0.05, 0.1) is 23.9 Å². The van der Waals surface area contributed by atoms with Gasteiger partial charge in [-0.15, -0.1) is 0 Å². The van der Waals surface area contributed by atoms with Gasteiger partial charge in [0.25, 0.3) is 5.91 Å². The highest BCUT2D eigenvalue weighted by molar-refractivity contribution is 6.36. The van der Waals surface area contributed by atoms with Gasteiger partial charge in [-0.25, -0.2) is 8.78 Å². The Hall–Kier alpha value is -3.50. The summed E-state index contributed by atoms with van der Waals surface area (Å²) in [5, 5.41) is 1.66. The molecule has 0 bridgehead atoms. The Bertz CT molecular complexity index is 1570. The Labute approximate surface area is 255 Å². The lowest BCUT2D eigenvalue weighted by molar-refractivity contribution is -0.128. The molecule has 1 aromatic heterocycles. The molecular formula is C32H37ClF2N6O2. The highest BCUT2D eigenvalue weighted by Gasteiger charge is 2.44. The number of carbonyl (C=O) groups is 1. The molecule has 228 valence electrons. The number of hydrogen-bond acceptors (Lipinski definition) is 7. The first kappa shape index (κ1) is 29.6. The summed E-state index contributed by atoms with van der Waals surface area (Å²) < 4.78 is 34.4. The minimum atomic E-state index is -0.947. The van der Waals surface area contributed by atoms with E-state index in [1.54, 1.807) is 6.07 Å². The zero-order valence-corrected chi connectivity index (χ0v) is 25.6. The van der Waals surface area contributed by atoms with E-state index in [1.807, 2.05) is 18.2 Å². The van der Waals surface area contributed by atoms with Crippen molar-refractivity contribution in [3.8, 4) is 6.01 Å². The van der Waals surface area contributed by atoms with Crippen LogP contribution < -0.4 is 14.5 Å².